The van der Waals surface area contributed by atoms with E-state index in [1.54, 1.807) is 19.6 Å². The molecule has 5 heterocycles. The van der Waals surface area contributed by atoms with Gasteiger partial charge in [0.15, 0.2) is 23.5 Å². The zero-order chi connectivity index (χ0) is 31.4. The van der Waals surface area contributed by atoms with E-state index < -0.39 is 23.9 Å². The van der Waals surface area contributed by atoms with Crippen LogP contribution in [0.25, 0.3) is 0 Å². The van der Waals surface area contributed by atoms with Crippen LogP contribution in [-0.4, -0.2) is 96.7 Å². The lowest BCUT2D eigenvalue weighted by Crippen LogP contribution is -2.46. The Hall–Kier alpha value is -5.80. The van der Waals surface area contributed by atoms with Gasteiger partial charge in [-0.15, -0.1) is 0 Å². The molecule has 0 amide bonds. The van der Waals surface area contributed by atoms with Gasteiger partial charge >= 0.3 is 23.9 Å². The number of carboxylic acids is 4. The Kier molecular flexibility index (Phi) is 8.50. The lowest BCUT2D eigenvalue weighted by Gasteiger charge is -2.34. The summed E-state index contributed by atoms with van der Waals surface area (Å²) < 4.78 is 22.3. The highest BCUT2D eigenvalue weighted by atomic mass is 16.4. The molecule has 0 radical (unpaired) electrons. The van der Waals surface area contributed by atoms with Crippen LogP contribution in [0.3, 0.4) is 0 Å². The van der Waals surface area contributed by atoms with E-state index in [1.165, 1.54) is 48.5 Å². The largest absolute Gasteiger partial charge is 0.475 e. The summed E-state index contributed by atoms with van der Waals surface area (Å²) in [6.07, 6.45) is 0. The van der Waals surface area contributed by atoms with Crippen molar-refractivity contribution in [1.82, 2.24) is 0 Å². The van der Waals surface area contributed by atoms with Gasteiger partial charge in [-0.05, 0) is 24.3 Å². The molecule has 0 bridgehead atoms. The van der Waals surface area contributed by atoms with Crippen molar-refractivity contribution in [2.45, 2.75) is 0 Å². The molecule has 0 spiro atoms. The Morgan fingerprint density at radius 1 is 0.386 bits per heavy atom. The maximum atomic E-state index is 11.5. The fourth-order valence-electron chi connectivity index (χ4n) is 4.74. The van der Waals surface area contributed by atoms with E-state index in [-0.39, 0.29) is 98.9 Å². The SMILES string of the molecule is O=C(O)c1ccc(N2CCN(c3ccc(C(=O)O)o3)CCN(c3ccc(C(=O)O)o3)CCN(c3ccc(C(=O)O)o3)CC2)o1. The van der Waals surface area contributed by atoms with Crippen LogP contribution in [0.4, 0.5) is 23.5 Å². The van der Waals surface area contributed by atoms with Crippen molar-refractivity contribution in [2.24, 2.45) is 0 Å². The van der Waals surface area contributed by atoms with Crippen molar-refractivity contribution in [1.29, 1.82) is 0 Å². The van der Waals surface area contributed by atoms with Gasteiger partial charge in [-0.3, -0.25) is 0 Å². The molecule has 4 aromatic heterocycles. The Balaban J connectivity index is 1.48. The quantitative estimate of drug-likeness (QED) is 0.225. The van der Waals surface area contributed by atoms with Crippen molar-refractivity contribution in [3.63, 3.8) is 0 Å². The molecule has 1 aliphatic heterocycles. The molecule has 1 saturated heterocycles. The van der Waals surface area contributed by atoms with Crippen LogP contribution in [0, 0.1) is 0 Å². The predicted octanol–water partition coefficient (Wildman–Crippen LogP) is 3.19. The van der Waals surface area contributed by atoms with Gasteiger partial charge in [-0.25, -0.2) is 19.2 Å². The first-order chi connectivity index (χ1) is 21.1. The van der Waals surface area contributed by atoms with E-state index in [4.69, 9.17) is 17.7 Å². The number of carbonyl (C=O) groups is 4. The number of rotatable bonds is 8. The van der Waals surface area contributed by atoms with E-state index in [2.05, 4.69) is 0 Å². The summed E-state index contributed by atoms with van der Waals surface area (Å²) in [6, 6.07) is 11.5. The summed E-state index contributed by atoms with van der Waals surface area (Å²) in [5.41, 5.74) is 0. The van der Waals surface area contributed by atoms with Crippen LogP contribution < -0.4 is 19.6 Å². The molecule has 0 aromatic carbocycles. The first kappa shape index (κ1) is 29.7. The molecule has 4 N–H and O–H groups in total. The lowest BCUT2D eigenvalue weighted by molar-refractivity contribution is 0.0653. The number of nitrogens with zero attached hydrogens (tertiary/aromatic N) is 4. The third-order valence-electron chi connectivity index (χ3n) is 7.02. The van der Waals surface area contributed by atoms with E-state index in [9.17, 15) is 39.6 Å². The zero-order valence-electron chi connectivity index (χ0n) is 23.1. The molecule has 44 heavy (non-hydrogen) atoms. The Morgan fingerprint density at radius 2 is 0.568 bits per heavy atom. The number of hydrogen-bond donors (Lipinski definition) is 4. The second-order valence-electron chi connectivity index (χ2n) is 9.72. The van der Waals surface area contributed by atoms with Crippen molar-refractivity contribution in [2.75, 3.05) is 72.0 Å². The van der Waals surface area contributed by atoms with E-state index in [1.807, 2.05) is 0 Å². The molecule has 0 saturated carbocycles. The molecule has 0 unspecified atom stereocenters. The van der Waals surface area contributed by atoms with Gasteiger partial charge in [0, 0.05) is 76.6 Å². The van der Waals surface area contributed by atoms with Crippen molar-refractivity contribution >= 4 is 47.4 Å². The topological polar surface area (TPSA) is 215 Å². The second kappa shape index (κ2) is 12.6. The maximum absolute atomic E-state index is 11.5. The zero-order valence-corrected chi connectivity index (χ0v) is 23.1. The summed E-state index contributed by atoms with van der Waals surface area (Å²) in [6.45, 7) is 2.27. The molecule has 1 fully saturated rings. The van der Waals surface area contributed by atoms with Gasteiger partial charge in [0.25, 0.3) is 0 Å². The average molecular weight is 613 g/mol. The smallest absolute Gasteiger partial charge is 0.371 e. The monoisotopic (exact) mass is 612 g/mol. The molecular formula is C28H28N4O12. The average Bonchev–Trinajstić information content (AvgIpc) is 3.79. The van der Waals surface area contributed by atoms with Gasteiger partial charge in [0.1, 0.15) is 0 Å². The van der Waals surface area contributed by atoms with Crippen LogP contribution >= 0.6 is 0 Å². The number of aromatic carboxylic acids is 4. The number of carboxylic acid groups (broad SMARTS) is 4. The predicted molar refractivity (Wildman–Crippen MR) is 152 cm³/mol. The summed E-state index contributed by atoms with van der Waals surface area (Å²) in [4.78, 5) is 53.2. The highest BCUT2D eigenvalue weighted by Gasteiger charge is 2.24. The second-order valence-corrected chi connectivity index (χ2v) is 9.72. The molecule has 0 aliphatic carbocycles. The highest BCUT2D eigenvalue weighted by Crippen LogP contribution is 2.25. The number of furan rings is 4. The van der Waals surface area contributed by atoms with Gasteiger partial charge in [-0.1, -0.05) is 0 Å². The first-order valence-electron chi connectivity index (χ1n) is 13.4. The molecule has 16 nitrogen and oxygen atoms in total. The highest BCUT2D eigenvalue weighted by molar-refractivity contribution is 5.86. The van der Waals surface area contributed by atoms with E-state index >= 15 is 0 Å². The van der Waals surface area contributed by atoms with Crippen LogP contribution in [-0.2, 0) is 0 Å². The molecular weight excluding hydrogens is 584 g/mol. The molecule has 232 valence electrons. The number of hydrogen-bond acceptors (Lipinski definition) is 12. The van der Waals surface area contributed by atoms with Crippen molar-refractivity contribution in [3.05, 3.63) is 71.6 Å². The van der Waals surface area contributed by atoms with Crippen LogP contribution in [0.15, 0.2) is 66.2 Å². The van der Waals surface area contributed by atoms with Crippen LogP contribution in [0.1, 0.15) is 42.2 Å². The van der Waals surface area contributed by atoms with Crippen LogP contribution in [0.2, 0.25) is 0 Å². The van der Waals surface area contributed by atoms with Gasteiger partial charge in [-0.2, -0.15) is 0 Å². The minimum Gasteiger partial charge on any atom is -0.475 e. The molecule has 16 heteroatoms. The molecule has 1 aliphatic rings. The minimum atomic E-state index is -1.23. The van der Waals surface area contributed by atoms with Gasteiger partial charge < -0.3 is 57.7 Å². The standard InChI is InChI=1S/C28H28N4O12/c33-25(34)17-1-5-21(41-17)29-9-11-30(22-6-2-18(42-22)26(35)36)13-15-32(24-8-4-20(44-24)28(39)40)16-14-31(12-10-29)23-7-3-19(43-23)27(37)38/h1-8H,9-16H2,(H,33,34)(H,35,36)(H,37,38)(H,39,40). The fraction of sp³-hybridized carbons (Fsp3) is 0.286. The molecule has 0 atom stereocenters. The maximum Gasteiger partial charge on any atom is 0.371 e. The Morgan fingerprint density at radius 3 is 0.705 bits per heavy atom. The van der Waals surface area contributed by atoms with Crippen molar-refractivity contribution in [3.8, 4) is 0 Å². The normalized spacial score (nSPS) is 15.1. The Bertz CT molecular complexity index is 1390. The minimum absolute atomic E-state index is 0.246. The van der Waals surface area contributed by atoms with Gasteiger partial charge in [0.2, 0.25) is 23.0 Å². The Labute approximate surface area is 248 Å². The summed E-state index contributed by atoms with van der Waals surface area (Å²) >= 11 is 0. The molecule has 4 aromatic rings. The first-order valence-corrected chi connectivity index (χ1v) is 13.4. The summed E-state index contributed by atoms with van der Waals surface area (Å²) in [5.74, 6) is -4.76. The van der Waals surface area contributed by atoms with Crippen LogP contribution in [0.5, 0.6) is 0 Å². The van der Waals surface area contributed by atoms with Crippen molar-refractivity contribution < 1.29 is 57.3 Å². The third kappa shape index (κ3) is 6.64. The summed E-state index contributed by atoms with van der Waals surface area (Å²) in [7, 11) is 0. The number of anilines is 4. The lowest BCUT2D eigenvalue weighted by atomic mass is 10.3. The fourth-order valence-corrected chi connectivity index (χ4v) is 4.74. The van der Waals surface area contributed by atoms with E-state index in [0.717, 1.165) is 0 Å². The van der Waals surface area contributed by atoms with E-state index in [0.29, 0.717) is 0 Å². The summed E-state index contributed by atoms with van der Waals surface area (Å²) in [5, 5.41) is 37.5. The molecule has 5 rings (SSSR count). The third-order valence-corrected chi connectivity index (χ3v) is 7.02. The van der Waals surface area contributed by atoms with Gasteiger partial charge in [0.05, 0.1) is 0 Å².